The zero-order chi connectivity index (χ0) is 26.0. The predicted molar refractivity (Wildman–Crippen MR) is 137 cm³/mol. The highest BCUT2D eigenvalue weighted by molar-refractivity contribution is 5.63. The number of methoxy groups -OCH3 is 1. The molecule has 8 heteroatoms. The fourth-order valence-corrected chi connectivity index (χ4v) is 9.90. The Morgan fingerprint density at radius 1 is 0.974 bits per heavy atom. The molecular weight excluding hydrogens is 484 g/mol. The standard InChI is InChI=1S/C30H40N2O6/c1-26(2)23-32-24(27(3,4)36-23)38-29(25(32)37-26)10-11-30(33)19-14-17-8-9-18(34-5)21-20(17)28(30,22(29)35-21)12-13-31(19)15-16-6-7-16/h8-9,16,19,22-25,33H,6-7,10-15H2,1-5H3/t19-,22-,23+,24+,25+,28+,29+,30-/m1/s1. The summed E-state index contributed by atoms with van der Waals surface area (Å²) in [7, 11) is 1.71. The molecule has 38 heavy (non-hydrogen) atoms. The van der Waals surface area contributed by atoms with Crippen molar-refractivity contribution in [3.63, 3.8) is 0 Å². The van der Waals surface area contributed by atoms with Crippen molar-refractivity contribution in [3.05, 3.63) is 23.3 Å². The second-order valence-corrected chi connectivity index (χ2v) is 14.5. The van der Waals surface area contributed by atoms with Crippen molar-refractivity contribution in [3.8, 4) is 11.5 Å². The second-order valence-electron chi connectivity index (χ2n) is 14.5. The third-order valence-corrected chi connectivity index (χ3v) is 11.6. The summed E-state index contributed by atoms with van der Waals surface area (Å²) in [5.41, 5.74) is -0.660. The number of hydrogen-bond donors (Lipinski definition) is 1. The molecule has 4 saturated heterocycles. The lowest BCUT2D eigenvalue weighted by Crippen LogP contribution is -2.80. The SMILES string of the molecule is COc1ccc2c3c1O[C@H]1[C@]4(CC[C@@]5(O)[C@@H](C2)N(CC2CC2)CC[C@]315)O[C@@H]1N2[C@@H](OC1(C)C)C(C)(C)O[C@H]24. The lowest BCUT2D eigenvalue weighted by atomic mass is 9.46. The number of hydrogen-bond acceptors (Lipinski definition) is 8. The van der Waals surface area contributed by atoms with Crippen molar-refractivity contribution in [2.75, 3.05) is 20.2 Å². The third-order valence-electron chi connectivity index (χ3n) is 11.6. The maximum Gasteiger partial charge on any atom is 0.166 e. The van der Waals surface area contributed by atoms with E-state index < -0.39 is 27.8 Å². The highest BCUT2D eigenvalue weighted by Gasteiger charge is 2.83. The average molecular weight is 525 g/mol. The van der Waals surface area contributed by atoms with Gasteiger partial charge in [-0.3, -0.25) is 4.90 Å². The predicted octanol–water partition coefficient (Wildman–Crippen LogP) is 2.93. The molecule has 2 saturated carbocycles. The van der Waals surface area contributed by atoms with E-state index in [0.29, 0.717) is 12.8 Å². The maximum atomic E-state index is 13.0. The topological polar surface area (TPSA) is 72.9 Å². The van der Waals surface area contributed by atoms with Crippen LogP contribution in [0.3, 0.4) is 0 Å². The first-order chi connectivity index (χ1) is 18.1. The Balaban J connectivity index is 1.24. The summed E-state index contributed by atoms with van der Waals surface area (Å²) < 4.78 is 33.6. The normalized spacial score (nSPS) is 48.7. The highest BCUT2D eigenvalue weighted by Crippen LogP contribution is 2.71. The molecular formula is C30H40N2O6. The van der Waals surface area contributed by atoms with Gasteiger partial charge in [-0.05, 0) is 90.3 Å². The number of rotatable bonds is 3. The van der Waals surface area contributed by atoms with E-state index in [1.165, 1.54) is 24.0 Å². The second kappa shape index (κ2) is 6.72. The van der Waals surface area contributed by atoms with E-state index in [1.54, 1.807) is 7.11 Å². The lowest BCUT2D eigenvalue weighted by molar-refractivity contribution is -0.267. The number of aliphatic hydroxyl groups is 1. The first kappa shape index (κ1) is 23.3. The first-order valence-electron chi connectivity index (χ1n) is 14.7. The molecule has 1 aromatic rings. The van der Waals surface area contributed by atoms with Crippen molar-refractivity contribution >= 4 is 0 Å². The Morgan fingerprint density at radius 2 is 1.71 bits per heavy atom. The lowest BCUT2D eigenvalue weighted by Gasteiger charge is -2.66. The van der Waals surface area contributed by atoms with E-state index in [4.69, 9.17) is 23.7 Å². The van der Waals surface area contributed by atoms with Gasteiger partial charge in [0, 0.05) is 18.2 Å². The summed E-state index contributed by atoms with van der Waals surface area (Å²) in [6.45, 7) is 10.6. The zero-order valence-electron chi connectivity index (χ0n) is 23.2. The van der Waals surface area contributed by atoms with Gasteiger partial charge in [0.25, 0.3) is 0 Å². The van der Waals surface area contributed by atoms with Gasteiger partial charge >= 0.3 is 0 Å². The molecule has 1 N–H and O–H groups in total. The van der Waals surface area contributed by atoms with Crippen LogP contribution in [0.2, 0.25) is 0 Å². The van der Waals surface area contributed by atoms with Crippen LogP contribution >= 0.6 is 0 Å². The summed E-state index contributed by atoms with van der Waals surface area (Å²) in [6, 6.07) is 4.35. The van der Waals surface area contributed by atoms with Gasteiger partial charge in [-0.15, -0.1) is 0 Å². The summed E-state index contributed by atoms with van der Waals surface area (Å²) >= 11 is 0. The molecule has 5 aliphatic heterocycles. The molecule has 0 unspecified atom stereocenters. The van der Waals surface area contributed by atoms with E-state index in [-0.39, 0.29) is 30.8 Å². The molecule has 8 nitrogen and oxygen atoms in total. The van der Waals surface area contributed by atoms with E-state index in [2.05, 4.69) is 49.6 Å². The molecule has 6 fully saturated rings. The Hall–Kier alpha value is -1.42. The quantitative estimate of drug-likeness (QED) is 0.647. The van der Waals surface area contributed by atoms with Gasteiger partial charge in [0.1, 0.15) is 41.6 Å². The van der Waals surface area contributed by atoms with Crippen LogP contribution in [0.25, 0.3) is 0 Å². The molecule has 5 heterocycles. The number of ether oxygens (including phenoxy) is 5. The number of piperidine rings is 1. The Bertz CT molecular complexity index is 1250. The molecule has 2 bridgehead atoms. The molecule has 8 atom stereocenters. The van der Waals surface area contributed by atoms with Gasteiger partial charge in [-0.25, -0.2) is 4.90 Å². The van der Waals surface area contributed by atoms with E-state index in [0.717, 1.165) is 43.3 Å². The van der Waals surface area contributed by atoms with Crippen molar-refractivity contribution in [1.29, 1.82) is 0 Å². The van der Waals surface area contributed by atoms with Crippen molar-refractivity contribution in [1.82, 2.24) is 9.80 Å². The number of nitrogens with zero attached hydrogens (tertiary/aromatic N) is 2. The van der Waals surface area contributed by atoms with Gasteiger partial charge in [0.2, 0.25) is 0 Å². The maximum absolute atomic E-state index is 13.0. The molecule has 8 aliphatic rings. The van der Waals surface area contributed by atoms with Crippen LogP contribution < -0.4 is 9.47 Å². The van der Waals surface area contributed by atoms with Crippen molar-refractivity contribution in [2.24, 2.45) is 5.92 Å². The largest absolute Gasteiger partial charge is 0.493 e. The summed E-state index contributed by atoms with van der Waals surface area (Å²) in [5.74, 6) is 2.34. The smallest absolute Gasteiger partial charge is 0.166 e. The van der Waals surface area contributed by atoms with Crippen LogP contribution in [0.15, 0.2) is 12.1 Å². The van der Waals surface area contributed by atoms with Crippen molar-refractivity contribution in [2.45, 2.75) is 125 Å². The monoisotopic (exact) mass is 524 g/mol. The van der Waals surface area contributed by atoms with Crippen LogP contribution in [-0.4, -0.2) is 88.3 Å². The van der Waals surface area contributed by atoms with Crippen LogP contribution in [0, 0.1) is 5.92 Å². The Morgan fingerprint density at radius 3 is 2.45 bits per heavy atom. The summed E-state index contributed by atoms with van der Waals surface area (Å²) in [5, 5.41) is 13.0. The zero-order valence-corrected chi connectivity index (χ0v) is 23.2. The molecule has 0 amide bonds. The van der Waals surface area contributed by atoms with E-state index in [9.17, 15) is 5.11 Å². The minimum absolute atomic E-state index is 0.0850. The van der Waals surface area contributed by atoms with Crippen molar-refractivity contribution < 1.29 is 28.8 Å². The fourth-order valence-electron chi connectivity index (χ4n) is 9.90. The number of benzene rings is 1. The number of likely N-dealkylation sites (tertiary alicyclic amines) is 1. The minimum atomic E-state index is -0.892. The Labute approximate surface area is 224 Å². The molecule has 2 spiro atoms. The summed E-state index contributed by atoms with van der Waals surface area (Å²) in [4.78, 5) is 4.94. The van der Waals surface area contributed by atoms with Crippen LogP contribution in [0.4, 0.5) is 0 Å². The third kappa shape index (κ3) is 2.40. The van der Waals surface area contributed by atoms with E-state index in [1.807, 2.05) is 0 Å². The molecule has 0 aromatic heterocycles. The minimum Gasteiger partial charge on any atom is -0.493 e. The van der Waals surface area contributed by atoms with Gasteiger partial charge in [0.15, 0.2) is 11.5 Å². The van der Waals surface area contributed by atoms with Crippen LogP contribution in [0.5, 0.6) is 11.5 Å². The van der Waals surface area contributed by atoms with Gasteiger partial charge in [0.05, 0.1) is 18.1 Å². The average Bonchev–Trinajstić information content (AvgIpc) is 3.33. The van der Waals surface area contributed by atoms with Gasteiger partial charge < -0.3 is 28.8 Å². The summed E-state index contributed by atoms with van der Waals surface area (Å²) in [6.07, 6.45) is 4.61. The van der Waals surface area contributed by atoms with Crippen LogP contribution in [-0.2, 0) is 26.0 Å². The van der Waals surface area contributed by atoms with Gasteiger partial charge in [-0.2, -0.15) is 0 Å². The fraction of sp³-hybridized carbons (Fsp3) is 0.800. The molecule has 1 aromatic carbocycles. The Kier molecular flexibility index (Phi) is 4.12. The first-order valence-corrected chi connectivity index (χ1v) is 14.7. The molecule has 0 radical (unpaired) electrons. The highest BCUT2D eigenvalue weighted by atomic mass is 16.7. The van der Waals surface area contributed by atoms with Crippen LogP contribution in [0.1, 0.15) is 70.9 Å². The molecule has 9 rings (SSSR count). The molecule has 3 aliphatic carbocycles. The van der Waals surface area contributed by atoms with Gasteiger partial charge in [-0.1, -0.05) is 6.07 Å². The number of fused-ring (bicyclic) bond motifs is 2. The molecule has 206 valence electrons. The van der Waals surface area contributed by atoms with E-state index >= 15 is 0 Å².